The predicted molar refractivity (Wildman–Crippen MR) is 98.2 cm³/mol. The lowest BCUT2D eigenvalue weighted by Gasteiger charge is -2.26. The van der Waals surface area contributed by atoms with Crippen LogP contribution in [0.1, 0.15) is 79.7 Å². The highest BCUT2D eigenvalue weighted by atomic mass is 16.4. The third-order valence-corrected chi connectivity index (χ3v) is 5.88. The molecule has 1 aromatic carbocycles. The van der Waals surface area contributed by atoms with Gasteiger partial charge in [0.1, 0.15) is 11.5 Å². The molecule has 1 aromatic heterocycles. The van der Waals surface area contributed by atoms with E-state index in [9.17, 15) is 9.90 Å². The second-order valence-electron chi connectivity index (χ2n) is 7.63. The second-order valence-corrected chi connectivity index (χ2v) is 7.63. The molecule has 2 unspecified atom stereocenters. The fourth-order valence-corrected chi connectivity index (χ4v) is 4.40. The first-order valence-corrected chi connectivity index (χ1v) is 9.62. The van der Waals surface area contributed by atoms with E-state index in [1.165, 1.54) is 12.8 Å². The molecule has 4 rings (SSSR count). The quantitative estimate of drug-likeness (QED) is 0.824. The van der Waals surface area contributed by atoms with Crippen molar-refractivity contribution in [3.8, 4) is 5.75 Å². The summed E-state index contributed by atoms with van der Waals surface area (Å²) in [5.74, 6) is 1.94. The number of rotatable bonds is 5. The van der Waals surface area contributed by atoms with Gasteiger partial charge in [0.15, 0.2) is 0 Å². The minimum Gasteiger partial charge on any atom is -0.507 e. The van der Waals surface area contributed by atoms with Gasteiger partial charge in [-0.2, -0.15) is 0 Å². The first kappa shape index (κ1) is 16.4. The van der Waals surface area contributed by atoms with Crippen molar-refractivity contribution in [2.24, 2.45) is 5.92 Å². The van der Waals surface area contributed by atoms with Crippen LogP contribution < -0.4 is 5.63 Å². The Labute approximate surface area is 148 Å². The third kappa shape index (κ3) is 3.12. The van der Waals surface area contributed by atoms with Gasteiger partial charge in [-0.25, -0.2) is 4.79 Å². The molecule has 1 heterocycles. The summed E-state index contributed by atoms with van der Waals surface area (Å²) in [7, 11) is 0. The Morgan fingerprint density at radius 3 is 2.64 bits per heavy atom. The smallest absolute Gasteiger partial charge is 0.343 e. The minimum atomic E-state index is -0.352. The summed E-state index contributed by atoms with van der Waals surface area (Å²) in [4.78, 5) is 12.8. The number of benzene rings is 1. The molecular formula is C22H26O3. The number of aromatic hydroxyl groups is 1. The highest BCUT2D eigenvalue weighted by molar-refractivity contribution is 5.47. The SMILES string of the molecule is CCC(c1ccccc1)c1c(O)c2c(oc1=O)C(CC1CC1)CCC2. The molecule has 0 aliphatic heterocycles. The summed E-state index contributed by atoms with van der Waals surface area (Å²) in [6.45, 7) is 2.05. The zero-order chi connectivity index (χ0) is 17.4. The number of fused-ring (bicyclic) bond motifs is 1. The van der Waals surface area contributed by atoms with E-state index in [2.05, 4.69) is 0 Å². The van der Waals surface area contributed by atoms with Crippen LogP contribution in [0.3, 0.4) is 0 Å². The van der Waals surface area contributed by atoms with Gasteiger partial charge in [0.05, 0.1) is 5.56 Å². The Hall–Kier alpha value is -2.03. The van der Waals surface area contributed by atoms with E-state index >= 15 is 0 Å². The van der Waals surface area contributed by atoms with Crippen LogP contribution in [0, 0.1) is 5.92 Å². The summed E-state index contributed by atoms with van der Waals surface area (Å²) in [6, 6.07) is 9.94. The van der Waals surface area contributed by atoms with E-state index in [1.54, 1.807) is 0 Å². The van der Waals surface area contributed by atoms with Gasteiger partial charge in [0, 0.05) is 17.4 Å². The van der Waals surface area contributed by atoms with Gasteiger partial charge in [-0.15, -0.1) is 0 Å². The maximum atomic E-state index is 12.8. The van der Waals surface area contributed by atoms with Crippen LogP contribution in [-0.2, 0) is 6.42 Å². The van der Waals surface area contributed by atoms with Gasteiger partial charge in [0.2, 0.25) is 0 Å². The van der Waals surface area contributed by atoms with Gasteiger partial charge < -0.3 is 9.52 Å². The van der Waals surface area contributed by atoms with Crippen LogP contribution in [0.25, 0.3) is 0 Å². The maximum absolute atomic E-state index is 12.8. The Kier molecular flexibility index (Phi) is 4.41. The van der Waals surface area contributed by atoms with Crippen molar-refractivity contribution >= 4 is 0 Å². The topological polar surface area (TPSA) is 50.4 Å². The van der Waals surface area contributed by atoms with Crippen molar-refractivity contribution in [2.75, 3.05) is 0 Å². The molecule has 3 heteroatoms. The number of hydrogen-bond acceptors (Lipinski definition) is 3. The summed E-state index contributed by atoms with van der Waals surface area (Å²) in [5, 5.41) is 11.0. The van der Waals surface area contributed by atoms with E-state index in [1.807, 2.05) is 37.3 Å². The Morgan fingerprint density at radius 1 is 1.20 bits per heavy atom. The maximum Gasteiger partial charge on any atom is 0.343 e. The van der Waals surface area contributed by atoms with Crippen molar-refractivity contribution < 1.29 is 9.52 Å². The molecule has 1 saturated carbocycles. The monoisotopic (exact) mass is 338 g/mol. The Balaban J connectivity index is 1.78. The molecule has 132 valence electrons. The fourth-order valence-electron chi connectivity index (χ4n) is 4.40. The van der Waals surface area contributed by atoms with E-state index in [0.717, 1.165) is 54.9 Å². The molecule has 0 bridgehead atoms. The van der Waals surface area contributed by atoms with Crippen molar-refractivity contribution in [3.05, 3.63) is 63.2 Å². The predicted octanol–water partition coefficient (Wildman–Crippen LogP) is 5.11. The van der Waals surface area contributed by atoms with Crippen LogP contribution in [0.15, 0.2) is 39.5 Å². The third-order valence-electron chi connectivity index (χ3n) is 5.88. The fraction of sp³-hybridized carbons (Fsp3) is 0.500. The molecule has 0 spiro atoms. The minimum absolute atomic E-state index is 0.119. The van der Waals surface area contributed by atoms with Crippen molar-refractivity contribution in [1.29, 1.82) is 0 Å². The molecule has 2 atom stereocenters. The average Bonchev–Trinajstić information content (AvgIpc) is 3.44. The Morgan fingerprint density at radius 2 is 1.96 bits per heavy atom. The molecule has 3 nitrogen and oxygen atoms in total. The highest BCUT2D eigenvalue weighted by Gasteiger charge is 2.34. The largest absolute Gasteiger partial charge is 0.507 e. The van der Waals surface area contributed by atoms with Gasteiger partial charge in [0.25, 0.3) is 0 Å². The highest BCUT2D eigenvalue weighted by Crippen LogP contribution is 2.46. The molecule has 0 radical (unpaired) electrons. The summed E-state index contributed by atoms with van der Waals surface area (Å²) < 4.78 is 5.84. The zero-order valence-electron chi connectivity index (χ0n) is 14.8. The summed E-state index contributed by atoms with van der Waals surface area (Å²) >= 11 is 0. The normalized spacial score (nSPS) is 20.9. The van der Waals surface area contributed by atoms with Crippen LogP contribution in [-0.4, -0.2) is 5.11 Å². The number of hydrogen-bond donors (Lipinski definition) is 1. The first-order valence-electron chi connectivity index (χ1n) is 9.62. The molecule has 2 aromatic rings. The van der Waals surface area contributed by atoms with Crippen LogP contribution >= 0.6 is 0 Å². The molecule has 2 aliphatic carbocycles. The Bertz CT molecular complexity index is 802. The zero-order valence-corrected chi connectivity index (χ0v) is 14.8. The molecule has 1 N–H and O–H groups in total. The second kappa shape index (κ2) is 6.70. The average molecular weight is 338 g/mol. The van der Waals surface area contributed by atoms with Gasteiger partial charge in [-0.3, -0.25) is 0 Å². The lowest BCUT2D eigenvalue weighted by atomic mass is 9.81. The molecule has 2 aliphatic rings. The van der Waals surface area contributed by atoms with Gasteiger partial charge in [-0.1, -0.05) is 50.1 Å². The molecular weight excluding hydrogens is 312 g/mol. The van der Waals surface area contributed by atoms with Crippen LogP contribution in [0.4, 0.5) is 0 Å². The van der Waals surface area contributed by atoms with Crippen molar-refractivity contribution in [3.63, 3.8) is 0 Å². The van der Waals surface area contributed by atoms with Crippen molar-refractivity contribution in [1.82, 2.24) is 0 Å². The van der Waals surface area contributed by atoms with E-state index in [-0.39, 0.29) is 17.3 Å². The molecule has 0 saturated heterocycles. The first-order chi connectivity index (χ1) is 12.2. The lowest BCUT2D eigenvalue weighted by Crippen LogP contribution is -2.20. The molecule has 1 fully saturated rings. The lowest BCUT2D eigenvalue weighted by molar-refractivity contribution is 0.335. The van der Waals surface area contributed by atoms with E-state index in [4.69, 9.17) is 4.42 Å². The van der Waals surface area contributed by atoms with Crippen LogP contribution in [0.5, 0.6) is 5.75 Å². The van der Waals surface area contributed by atoms with Crippen molar-refractivity contribution in [2.45, 2.75) is 63.7 Å². The van der Waals surface area contributed by atoms with Crippen LogP contribution in [0.2, 0.25) is 0 Å². The molecule has 25 heavy (non-hydrogen) atoms. The van der Waals surface area contributed by atoms with E-state index in [0.29, 0.717) is 11.5 Å². The summed E-state index contributed by atoms with van der Waals surface area (Å²) in [5.41, 5.74) is 2.04. The molecule has 0 amide bonds. The van der Waals surface area contributed by atoms with Gasteiger partial charge in [-0.05, 0) is 43.6 Å². The van der Waals surface area contributed by atoms with Gasteiger partial charge >= 0.3 is 5.63 Å². The van der Waals surface area contributed by atoms with E-state index < -0.39 is 0 Å². The summed E-state index contributed by atoms with van der Waals surface area (Å²) in [6.07, 6.45) is 7.40. The standard InChI is InChI=1S/C22H26O3/c1-2-17(15-7-4-3-5-8-15)19-20(23)18-10-6-9-16(13-14-11-12-14)21(18)25-22(19)24/h3-5,7-8,14,16-17,23H,2,6,9-13H2,1H3.